The lowest BCUT2D eigenvalue weighted by Gasteiger charge is -2.32. The first-order valence-corrected chi connectivity index (χ1v) is 9.16. The molecule has 138 valence electrons. The molecular weight excluding hydrogens is 305 g/mol. The average Bonchev–Trinajstić information content (AvgIpc) is 2.51. The van der Waals surface area contributed by atoms with Crippen molar-refractivity contribution in [2.75, 3.05) is 0 Å². The molecule has 1 rings (SSSR count). The van der Waals surface area contributed by atoms with Crippen molar-refractivity contribution in [2.24, 2.45) is 11.8 Å². The molecule has 0 aliphatic heterocycles. The molecule has 23 heavy (non-hydrogen) atoms. The molecule has 0 aromatic heterocycles. The number of hydrogen-bond donors (Lipinski definition) is 2. The van der Waals surface area contributed by atoms with E-state index in [2.05, 4.69) is 0 Å². The number of aliphatic hydroxyl groups is 2. The normalized spacial score (nSPS) is 22.6. The molecule has 0 bridgehead atoms. The first-order chi connectivity index (χ1) is 10.7. The Morgan fingerprint density at radius 2 is 1.61 bits per heavy atom. The molecule has 1 fully saturated rings. The summed E-state index contributed by atoms with van der Waals surface area (Å²) in [7, 11) is 0. The fourth-order valence-electron chi connectivity index (χ4n) is 3.74. The van der Waals surface area contributed by atoms with Crippen molar-refractivity contribution in [1.82, 2.24) is 0 Å². The summed E-state index contributed by atoms with van der Waals surface area (Å²) in [5.41, 5.74) is -2.56. The summed E-state index contributed by atoms with van der Waals surface area (Å²) in [4.78, 5) is 0. The molecule has 2 nitrogen and oxygen atoms in total. The number of unbranched alkanes of at least 4 members (excludes halogenated alkanes) is 1. The topological polar surface area (TPSA) is 40.5 Å². The highest BCUT2D eigenvalue weighted by atomic mass is 19.4. The standard InChI is InChI=1S/C18H33F3O2/c1-3-17(23,18(19,20)21)13-14(2)9-7-8-12-16(22)15-10-5-4-6-11-15/h14-16,22-23H,3-13H2,1-2H3/t14-,16?,17-/m0/s1. The molecule has 0 amide bonds. The molecule has 3 atom stereocenters. The van der Waals surface area contributed by atoms with Crippen molar-refractivity contribution in [3.63, 3.8) is 0 Å². The summed E-state index contributed by atoms with van der Waals surface area (Å²) in [6.07, 6.45) is 3.57. The Kier molecular flexibility index (Phi) is 8.36. The van der Waals surface area contributed by atoms with E-state index in [1.807, 2.05) is 0 Å². The molecule has 0 aromatic rings. The zero-order valence-electron chi connectivity index (χ0n) is 14.5. The van der Waals surface area contributed by atoms with Crippen molar-refractivity contribution in [2.45, 2.75) is 102 Å². The van der Waals surface area contributed by atoms with E-state index in [-0.39, 0.29) is 24.9 Å². The highest BCUT2D eigenvalue weighted by Crippen LogP contribution is 2.38. The quantitative estimate of drug-likeness (QED) is 0.566. The second kappa shape index (κ2) is 9.26. The Morgan fingerprint density at radius 1 is 1.04 bits per heavy atom. The maximum absolute atomic E-state index is 12.9. The summed E-state index contributed by atoms with van der Waals surface area (Å²) < 4.78 is 38.6. The highest BCUT2D eigenvalue weighted by Gasteiger charge is 2.52. The van der Waals surface area contributed by atoms with E-state index in [9.17, 15) is 23.4 Å². The van der Waals surface area contributed by atoms with E-state index in [0.29, 0.717) is 12.3 Å². The first-order valence-electron chi connectivity index (χ1n) is 9.16. The van der Waals surface area contributed by atoms with Gasteiger partial charge in [-0.05, 0) is 43.9 Å². The summed E-state index contributed by atoms with van der Waals surface area (Å²) in [6.45, 7) is 3.14. The van der Waals surface area contributed by atoms with Crippen molar-refractivity contribution in [3.8, 4) is 0 Å². The predicted molar refractivity (Wildman–Crippen MR) is 86.1 cm³/mol. The van der Waals surface area contributed by atoms with Crippen molar-refractivity contribution < 1.29 is 23.4 Å². The third-order valence-electron chi connectivity index (χ3n) is 5.44. The molecule has 1 unspecified atom stereocenters. The molecule has 0 spiro atoms. The van der Waals surface area contributed by atoms with Crippen molar-refractivity contribution >= 4 is 0 Å². The molecule has 0 saturated heterocycles. The summed E-state index contributed by atoms with van der Waals surface area (Å²) in [6, 6.07) is 0. The fraction of sp³-hybridized carbons (Fsp3) is 1.00. The van der Waals surface area contributed by atoms with Crippen LogP contribution < -0.4 is 0 Å². The Balaban J connectivity index is 2.24. The summed E-state index contributed by atoms with van der Waals surface area (Å²) in [5.74, 6) is 0.241. The minimum Gasteiger partial charge on any atom is -0.393 e. The molecular formula is C18H33F3O2. The molecule has 5 heteroatoms. The smallest absolute Gasteiger partial charge is 0.393 e. The molecule has 1 aliphatic rings. The van der Waals surface area contributed by atoms with Gasteiger partial charge in [0, 0.05) is 0 Å². The van der Waals surface area contributed by atoms with E-state index >= 15 is 0 Å². The van der Waals surface area contributed by atoms with Gasteiger partial charge in [0.15, 0.2) is 5.60 Å². The zero-order chi connectivity index (χ0) is 17.5. The van der Waals surface area contributed by atoms with Gasteiger partial charge in [-0.25, -0.2) is 0 Å². The Labute approximate surface area is 138 Å². The monoisotopic (exact) mass is 338 g/mol. The first kappa shape index (κ1) is 20.8. The van der Waals surface area contributed by atoms with E-state index in [1.165, 1.54) is 26.2 Å². The van der Waals surface area contributed by atoms with E-state index in [0.717, 1.165) is 32.1 Å². The van der Waals surface area contributed by atoms with Crippen LogP contribution in [0.1, 0.15) is 84.5 Å². The van der Waals surface area contributed by atoms with Crippen LogP contribution in [0.4, 0.5) is 13.2 Å². The van der Waals surface area contributed by atoms with Gasteiger partial charge in [0.05, 0.1) is 6.10 Å². The van der Waals surface area contributed by atoms with Crippen LogP contribution in [0.2, 0.25) is 0 Å². The molecule has 1 saturated carbocycles. The fourth-order valence-corrected chi connectivity index (χ4v) is 3.74. The van der Waals surface area contributed by atoms with Gasteiger partial charge >= 0.3 is 6.18 Å². The van der Waals surface area contributed by atoms with Gasteiger partial charge in [-0.15, -0.1) is 0 Å². The molecule has 0 radical (unpaired) electrons. The highest BCUT2D eigenvalue weighted by molar-refractivity contribution is 4.86. The number of hydrogen-bond acceptors (Lipinski definition) is 2. The van der Waals surface area contributed by atoms with Gasteiger partial charge in [0.2, 0.25) is 0 Å². The lowest BCUT2D eigenvalue weighted by molar-refractivity contribution is -0.266. The molecule has 2 N–H and O–H groups in total. The number of aliphatic hydroxyl groups excluding tert-OH is 1. The van der Waals surface area contributed by atoms with Gasteiger partial charge in [0.25, 0.3) is 0 Å². The van der Waals surface area contributed by atoms with Gasteiger partial charge in [0.1, 0.15) is 0 Å². The molecule has 0 heterocycles. The largest absolute Gasteiger partial charge is 0.417 e. The van der Waals surface area contributed by atoms with E-state index in [1.54, 1.807) is 6.92 Å². The van der Waals surface area contributed by atoms with Crippen molar-refractivity contribution in [3.05, 3.63) is 0 Å². The summed E-state index contributed by atoms with van der Waals surface area (Å²) >= 11 is 0. The average molecular weight is 338 g/mol. The van der Waals surface area contributed by atoms with E-state index < -0.39 is 11.8 Å². The van der Waals surface area contributed by atoms with Crippen LogP contribution in [-0.2, 0) is 0 Å². The lowest BCUT2D eigenvalue weighted by atomic mass is 9.83. The van der Waals surface area contributed by atoms with Crippen LogP contribution in [-0.4, -0.2) is 28.1 Å². The SMILES string of the molecule is CC[C@](O)(C[C@@H](C)CCCCC(O)C1CCCCC1)C(F)(F)F. The zero-order valence-corrected chi connectivity index (χ0v) is 14.5. The van der Waals surface area contributed by atoms with Crippen LogP contribution in [0.5, 0.6) is 0 Å². The third-order valence-corrected chi connectivity index (χ3v) is 5.44. The van der Waals surface area contributed by atoms with Crippen LogP contribution in [0.3, 0.4) is 0 Å². The Bertz CT molecular complexity index is 327. The third kappa shape index (κ3) is 6.61. The number of alkyl halides is 3. The number of rotatable bonds is 9. The second-order valence-corrected chi connectivity index (χ2v) is 7.44. The Morgan fingerprint density at radius 3 is 2.13 bits per heavy atom. The maximum atomic E-state index is 12.9. The van der Waals surface area contributed by atoms with Crippen molar-refractivity contribution in [1.29, 1.82) is 0 Å². The van der Waals surface area contributed by atoms with E-state index in [4.69, 9.17) is 0 Å². The minimum absolute atomic E-state index is 0.173. The summed E-state index contributed by atoms with van der Waals surface area (Å²) in [5, 5.41) is 20.0. The van der Waals surface area contributed by atoms with Crippen LogP contribution >= 0.6 is 0 Å². The predicted octanol–water partition coefficient (Wildman–Crippen LogP) is 5.22. The molecule has 1 aliphatic carbocycles. The maximum Gasteiger partial charge on any atom is 0.417 e. The van der Waals surface area contributed by atoms with Gasteiger partial charge < -0.3 is 10.2 Å². The Hall–Kier alpha value is -0.290. The number of halogens is 3. The van der Waals surface area contributed by atoms with Crippen LogP contribution in [0, 0.1) is 11.8 Å². The minimum atomic E-state index is -4.56. The van der Waals surface area contributed by atoms with Gasteiger partial charge in [-0.1, -0.05) is 52.4 Å². The van der Waals surface area contributed by atoms with Gasteiger partial charge in [-0.3, -0.25) is 0 Å². The lowest BCUT2D eigenvalue weighted by Crippen LogP contribution is -2.45. The molecule has 0 aromatic carbocycles. The van der Waals surface area contributed by atoms with Gasteiger partial charge in [-0.2, -0.15) is 13.2 Å². The van der Waals surface area contributed by atoms with Crippen LogP contribution in [0.15, 0.2) is 0 Å². The second-order valence-electron chi connectivity index (χ2n) is 7.44. The van der Waals surface area contributed by atoms with Crippen LogP contribution in [0.25, 0.3) is 0 Å².